The van der Waals surface area contributed by atoms with Gasteiger partial charge in [-0.3, -0.25) is 0 Å². The fraction of sp³-hybridized carbons (Fsp3) is 0.158. The number of rotatable bonds is 7. The summed E-state index contributed by atoms with van der Waals surface area (Å²) in [5.41, 5.74) is -0.0443. The molecule has 0 saturated heterocycles. The number of sulfonamides is 1. The maximum atomic E-state index is 13.7. The molecule has 1 N–H and O–H groups in total. The van der Waals surface area contributed by atoms with Gasteiger partial charge in [-0.1, -0.05) is 48.0 Å². The van der Waals surface area contributed by atoms with Crippen molar-refractivity contribution in [2.75, 3.05) is 13.2 Å². The molecule has 0 saturated carbocycles. The quantitative estimate of drug-likeness (QED) is 0.614. The van der Waals surface area contributed by atoms with Crippen LogP contribution in [0.25, 0.3) is 10.8 Å². The van der Waals surface area contributed by atoms with Gasteiger partial charge in [-0.15, -0.1) is 0 Å². The summed E-state index contributed by atoms with van der Waals surface area (Å²) in [7, 11) is -3.72. The minimum Gasteiger partial charge on any atom is -0.492 e. The van der Waals surface area contributed by atoms with Crippen LogP contribution >= 0.6 is 11.6 Å². The summed E-state index contributed by atoms with van der Waals surface area (Å²) < 4.78 is 45.9. The Labute approximate surface area is 156 Å². The van der Waals surface area contributed by atoms with Crippen molar-refractivity contribution in [3.8, 4) is 5.75 Å². The third-order valence-electron chi connectivity index (χ3n) is 3.81. The van der Waals surface area contributed by atoms with Gasteiger partial charge in [-0.2, -0.15) is 0 Å². The Morgan fingerprint density at radius 1 is 1.00 bits per heavy atom. The molecule has 0 radical (unpaired) electrons. The van der Waals surface area contributed by atoms with Gasteiger partial charge >= 0.3 is 0 Å². The predicted octanol–water partition coefficient (Wildman–Crippen LogP) is 4.13. The van der Waals surface area contributed by atoms with Crippen LogP contribution in [-0.2, 0) is 15.8 Å². The van der Waals surface area contributed by atoms with Crippen molar-refractivity contribution in [3.05, 3.63) is 77.1 Å². The maximum absolute atomic E-state index is 13.7. The van der Waals surface area contributed by atoms with Crippen LogP contribution in [0.15, 0.2) is 60.7 Å². The molecule has 0 aliphatic rings. The van der Waals surface area contributed by atoms with Gasteiger partial charge in [-0.05, 0) is 35.0 Å². The molecule has 0 amide bonds. The van der Waals surface area contributed by atoms with Gasteiger partial charge in [0.25, 0.3) is 0 Å². The molecule has 3 rings (SSSR count). The summed E-state index contributed by atoms with van der Waals surface area (Å²) in [5, 5.41) is 2.23. The SMILES string of the molecule is O=S(=O)(Cc1c(F)cccc1Cl)NCCOc1ccc2ccccc2c1. The van der Waals surface area contributed by atoms with E-state index in [4.69, 9.17) is 16.3 Å². The Hall–Kier alpha value is -2.15. The molecule has 0 fully saturated rings. The molecular formula is C19H17ClFNO3S. The fourth-order valence-corrected chi connectivity index (χ4v) is 4.01. The number of fused-ring (bicyclic) bond motifs is 1. The first kappa shape index (κ1) is 18.6. The lowest BCUT2D eigenvalue weighted by Gasteiger charge is -2.10. The first-order chi connectivity index (χ1) is 12.4. The van der Waals surface area contributed by atoms with E-state index in [1.165, 1.54) is 18.2 Å². The van der Waals surface area contributed by atoms with E-state index in [1.54, 1.807) is 0 Å². The Balaban J connectivity index is 1.55. The maximum Gasteiger partial charge on any atom is 0.216 e. The summed E-state index contributed by atoms with van der Waals surface area (Å²) in [4.78, 5) is 0. The van der Waals surface area contributed by atoms with Crippen molar-refractivity contribution in [2.24, 2.45) is 0 Å². The number of ether oxygens (including phenoxy) is 1. The number of halogens is 2. The summed E-state index contributed by atoms with van der Waals surface area (Å²) >= 11 is 5.87. The van der Waals surface area contributed by atoms with Gasteiger partial charge in [-0.25, -0.2) is 17.5 Å². The number of hydrogen-bond donors (Lipinski definition) is 1. The van der Waals surface area contributed by atoms with Crippen LogP contribution in [-0.4, -0.2) is 21.6 Å². The van der Waals surface area contributed by atoms with E-state index in [0.717, 1.165) is 10.8 Å². The van der Waals surface area contributed by atoms with E-state index in [0.29, 0.717) is 5.75 Å². The number of nitrogens with one attached hydrogen (secondary N) is 1. The standard InChI is InChI=1S/C19H17ClFNO3S/c20-18-6-3-7-19(21)17(18)13-26(23,24)22-10-11-25-16-9-8-14-4-1-2-5-15(14)12-16/h1-9,12,22H,10-11,13H2. The molecule has 0 aromatic heterocycles. The van der Waals surface area contributed by atoms with Crippen molar-refractivity contribution in [3.63, 3.8) is 0 Å². The summed E-state index contributed by atoms with van der Waals surface area (Å²) in [6.45, 7) is 0.226. The molecule has 0 atom stereocenters. The second kappa shape index (κ2) is 8.03. The second-order valence-electron chi connectivity index (χ2n) is 5.71. The molecular weight excluding hydrogens is 377 g/mol. The molecule has 0 spiro atoms. The molecule has 0 aliphatic heterocycles. The van der Waals surface area contributed by atoms with Crippen molar-refractivity contribution >= 4 is 32.4 Å². The highest BCUT2D eigenvalue weighted by molar-refractivity contribution is 7.88. The highest BCUT2D eigenvalue weighted by Crippen LogP contribution is 2.21. The zero-order valence-electron chi connectivity index (χ0n) is 13.8. The zero-order valence-corrected chi connectivity index (χ0v) is 15.4. The lowest BCUT2D eigenvalue weighted by atomic mass is 10.1. The van der Waals surface area contributed by atoms with Crippen molar-refractivity contribution in [1.82, 2.24) is 4.72 Å². The van der Waals surface area contributed by atoms with Crippen LogP contribution < -0.4 is 9.46 Å². The van der Waals surface area contributed by atoms with E-state index >= 15 is 0 Å². The molecule has 136 valence electrons. The van der Waals surface area contributed by atoms with Gasteiger partial charge < -0.3 is 4.74 Å². The average molecular weight is 394 g/mol. The highest BCUT2D eigenvalue weighted by Gasteiger charge is 2.16. The van der Waals surface area contributed by atoms with E-state index < -0.39 is 21.6 Å². The summed E-state index contributed by atoms with van der Waals surface area (Å²) in [6.07, 6.45) is 0. The smallest absolute Gasteiger partial charge is 0.216 e. The number of hydrogen-bond acceptors (Lipinski definition) is 3. The predicted molar refractivity (Wildman–Crippen MR) is 101 cm³/mol. The molecule has 3 aromatic rings. The van der Waals surface area contributed by atoms with Crippen LogP contribution in [0.4, 0.5) is 4.39 Å². The molecule has 7 heteroatoms. The van der Waals surface area contributed by atoms with Crippen LogP contribution in [0.3, 0.4) is 0 Å². The second-order valence-corrected chi connectivity index (χ2v) is 7.93. The number of benzene rings is 3. The van der Waals surface area contributed by atoms with Crippen molar-refractivity contribution in [1.29, 1.82) is 0 Å². The lowest BCUT2D eigenvalue weighted by Crippen LogP contribution is -2.29. The van der Waals surface area contributed by atoms with Gasteiger partial charge in [0.05, 0.1) is 5.75 Å². The normalized spacial score (nSPS) is 11.6. The van der Waals surface area contributed by atoms with Gasteiger partial charge in [0.15, 0.2) is 0 Å². The fourth-order valence-electron chi connectivity index (χ4n) is 2.53. The molecule has 0 heterocycles. The highest BCUT2D eigenvalue weighted by atomic mass is 35.5. The summed E-state index contributed by atoms with van der Waals surface area (Å²) in [5.74, 6) is -0.510. The molecule has 0 aliphatic carbocycles. The Bertz CT molecular complexity index is 1000. The Morgan fingerprint density at radius 2 is 1.77 bits per heavy atom. The van der Waals surface area contributed by atoms with E-state index in [-0.39, 0.29) is 23.7 Å². The van der Waals surface area contributed by atoms with Gasteiger partial charge in [0, 0.05) is 17.1 Å². The minimum atomic E-state index is -3.72. The van der Waals surface area contributed by atoms with Crippen LogP contribution in [0.5, 0.6) is 5.75 Å². The topological polar surface area (TPSA) is 55.4 Å². The largest absolute Gasteiger partial charge is 0.492 e. The van der Waals surface area contributed by atoms with Crippen LogP contribution in [0.2, 0.25) is 5.02 Å². The third kappa shape index (κ3) is 4.72. The molecule has 4 nitrogen and oxygen atoms in total. The van der Waals surface area contributed by atoms with Gasteiger partial charge in [0.1, 0.15) is 18.2 Å². The Morgan fingerprint density at radius 3 is 2.54 bits per heavy atom. The van der Waals surface area contributed by atoms with E-state index in [2.05, 4.69) is 4.72 Å². The van der Waals surface area contributed by atoms with Crippen molar-refractivity contribution < 1.29 is 17.5 Å². The molecule has 0 bridgehead atoms. The monoisotopic (exact) mass is 393 g/mol. The first-order valence-corrected chi connectivity index (χ1v) is 9.99. The minimum absolute atomic E-state index is 0.0443. The lowest BCUT2D eigenvalue weighted by molar-refractivity contribution is 0.323. The van der Waals surface area contributed by atoms with E-state index in [9.17, 15) is 12.8 Å². The molecule has 26 heavy (non-hydrogen) atoms. The van der Waals surface area contributed by atoms with Crippen molar-refractivity contribution in [2.45, 2.75) is 5.75 Å². The summed E-state index contributed by atoms with van der Waals surface area (Å²) in [6, 6.07) is 17.6. The van der Waals surface area contributed by atoms with Gasteiger partial charge in [0.2, 0.25) is 10.0 Å². The van der Waals surface area contributed by atoms with Crippen LogP contribution in [0, 0.1) is 5.82 Å². The average Bonchev–Trinajstić information content (AvgIpc) is 2.62. The molecule has 0 unspecified atom stereocenters. The first-order valence-electron chi connectivity index (χ1n) is 7.96. The third-order valence-corrected chi connectivity index (χ3v) is 5.48. The van der Waals surface area contributed by atoms with Crippen LogP contribution in [0.1, 0.15) is 5.56 Å². The van der Waals surface area contributed by atoms with E-state index in [1.807, 2.05) is 42.5 Å². The molecule has 3 aromatic carbocycles. The zero-order chi connectivity index (χ0) is 18.6. The Kier molecular flexibility index (Phi) is 5.76.